The molecule has 0 saturated heterocycles. The van der Waals surface area contributed by atoms with Crippen molar-refractivity contribution in [2.45, 2.75) is 20.0 Å². The largest absolute Gasteiger partial charge is 0.489 e. The summed E-state index contributed by atoms with van der Waals surface area (Å²) in [5.74, 6) is 0.877. The number of hydrogen-bond donors (Lipinski definition) is 0. The molecule has 1 aromatic carbocycles. The summed E-state index contributed by atoms with van der Waals surface area (Å²) in [7, 11) is 0. The van der Waals surface area contributed by atoms with Crippen molar-refractivity contribution in [3.8, 4) is 5.75 Å². The second-order valence-corrected chi connectivity index (χ2v) is 3.47. The van der Waals surface area contributed by atoms with Gasteiger partial charge in [-0.2, -0.15) is 0 Å². The molecule has 0 fully saturated rings. The topological polar surface area (TPSA) is 26.3 Å². The van der Waals surface area contributed by atoms with Crippen molar-refractivity contribution >= 4 is 5.78 Å². The second kappa shape index (κ2) is 2.87. The maximum atomic E-state index is 11.7. The van der Waals surface area contributed by atoms with Crippen LogP contribution < -0.4 is 4.74 Å². The summed E-state index contributed by atoms with van der Waals surface area (Å²) < 4.78 is 5.59. The monoisotopic (exact) mass is 176 g/mol. The van der Waals surface area contributed by atoms with Crippen LogP contribution in [0.15, 0.2) is 24.3 Å². The first kappa shape index (κ1) is 8.30. The number of fused-ring (bicyclic) bond motifs is 1. The number of hydrogen-bond acceptors (Lipinski definition) is 2. The minimum Gasteiger partial charge on any atom is -0.489 e. The van der Waals surface area contributed by atoms with Gasteiger partial charge in [-0.3, -0.25) is 4.79 Å². The zero-order valence-corrected chi connectivity index (χ0v) is 7.78. The lowest BCUT2D eigenvalue weighted by Crippen LogP contribution is -2.33. The predicted octanol–water partition coefficient (Wildman–Crippen LogP) is 2.29. The number of ether oxygens (including phenoxy) is 1. The molecule has 0 unspecified atom stereocenters. The molecule has 1 aromatic rings. The van der Waals surface area contributed by atoms with Gasteiger partial charge < -0.3 is 4.74 Å². The molecule has 0 saturated carbocycles. The van der Waals surface area contributed by atoms with Crippen LogP contribution in [0.3, 0.4) is 0 Å². The van der Waals surface area contributed by atoms with Crippen LogP contribution in [-0.2, 0) is 0 Å². The molecule has 1 aliphatic rings. The highest BCUT2D eigenvalue weighted by atomic mass is 16.5. The number of carbonyl (C=O) groups is 1. The van der Waals surface area contributed by atoms with Crippen LogP contribution >= 0.6 is 0 Å². The van der Waals surface area contributed by atoms with Crippen LogP contribution in [0.1, 0.15) is 24.2 Å². The van der Waals surface area contributed by atoms with E-state index in [0.29, 0.717) is 5.56 Å². The van der Waals surface area contributed by atoms with E-state index in [4.69, 9.17) is 4.74 Å². The van der Waals surface area contributed by atoms with Gasteiger partial charge in [0.15, 0.2) is 5.78 Å². The molecule has 2 rings (SSSR count). The summed E-state index contributed by atoms with van der Waals surface area (Å²) in [4.78, 5) is 11.7. The van der Waals surface area contributed by atoms with Crippen LogP contribution in [0.4, 0.5) is 0 Å². The maximum Gasteiger partial charge on any atom is 0.173 e. The average Bonchev–Trinajstić information content (AvgIpc) is 2.15. The highest BCUT2D eigenvalue weighted by Crippen LogP contribution is 2.29. The molecular weight excluding hydrogens is 164 g/mol. The summed E-state index contributed by atoms with van der Waals surface area (Å²) in [6.07, 6.45) is -0.0117. The van der Waals surface area contributed by atoms with Gasteiger partial charge in [0, 0.05) is 0 Å². The van der Waals surface area contributed by atoms with Gasteiger partial charge in [-0.15, -0.1) is 0 Å². The normalized spacial score (nSPS) is 26.5. The van der Waals surface area contributed by atoms with Crippen molar-refractivity contribution in [2.24, 2.45) is 5.92 Å². The van der Waals surface area contributed by atoms with Gasteiger partial charge in [0.2, 0.25) is 0 Å². The molecule has 0 amide bonds. The van der Waals surface area contributed by atoms with Gasteiger partial charge in [0.05, 0.1) is 11.5 Å². The Labute approximate surface area is 77.5 Å². The number of ketones is 1. The third-order valence-corrected chi connectivity index (χ3v) is 2.58. The highest BCUT2D eigenvalue weighted by Gasteiger charge is 2.30. The Kier molecular flexibility index (Phi) is 1.83. The van der Waals surface area contributed by atoms with Crippen molar-refractivity contribution < 1.29 is 9.53 Å². The van der Waals surface area contributed by atoms with Crippen LogP contribution in [0, 0.1) is 5.92 Å². The third-order valence-electron chi connectivity index (χ3n) is 2.58. The molecule has 0 bridgehead atoms. The molecular formula is C11H12O2. The van der Waals surface area contributed by atoms with Crippen molar-refractivity contribution in [3.05, 3.63) is 29.8 Å². The predicted molar refractivity (Wildman–Crippen MR) is 50.0 cm³/mol. The van der Waals surface area contributed by atoms with E-state index in [9.17, 15) is 4.79 Å². The lowest BCUT2D eigenvalue weighted by molar-refractivity contribution is 0.0730. The van der Waals surface area contributed by atoms with Crippen LogP contribution in [0.5, 0.6) is 5.75 Å². The van der Waals surface area contributed by atoms with Crippen molar-refractivity contribution in [1.29, 1.82) is 0 Å². The summed E-state index contributed by atoms with van der Waals surface area (Å²) in [6, 6.07) is 7.41. The minimum absolute atomic E-state index is 0.0117. The fourth-order valence-corrected chi connectivity index (χ4v) is 1.53. The first-order valence-corrected chi connectivity index (χ1v) is 4.50. The molecule has 0 aliphatic carbocycles. The molecule has 2 nitrogen and oxygen atoms in total. The molecule has 0 N–H and O–H groups in total. The molecule has 2 heteroatoms. The van der Waals surface area contributed by atoms with Crippen molar-refractivity contribution in [3.63, 3.8) is 0 Å². The van der Waals surface area contributed by atoms with Crippen molar-refractivity contribution in [2.75, 3.05) is 0 Å². The van der Waals surface area contributed by atoms with Crippen LogP contribution in [0.2, 0.25) is 0 Å². The quantitative estimate of drug-likeness (QED) is 0.606. The molecule has 1 heterocycles. The van der Waals surface area contributed by atoms with E-state index in [1.54, 1.807) is 0 Å². The molecule has 0 spiro atoms. The van der Waals surface area contributed by atoms with E-state index in [0.717, 1.165) is 5.75 Å². The van der Waals surface area contributed by atoms with E-state index >= 15 is 0 Å². The van der Waals surface area contributed by atoms with E-state index in [2.05, 4.69) is 0 Å². The molecule has 13 heavy (non-hydrogen) atoms. The smallest absolute Gasteiger partial charge is 0.173 e. The highest BCUT2D eigenvalue weighted by molar-refractivity contribution is 6.01. The summed E-state index contributed by atoms with van der Waals surface area (Å²) in [5, 5.41) is 0. The number of para-hydroxylation sites is 1. The van der Waals surface area contributed by atoms with Crippen LogP contribution in [-0.4, -0.2) is 11.9 Å². The van der Waals surface area contributed by atoms with E-state index in [1.807, 2.05) is 38.1 Å². The Bertz CT molecular complexity index is 344. The minimum atomic E-state index is -0.0325. The second-order valence-electron chi connectivity index (χ2n) is 3.47. The van der Waals surface area contributed by atoms with Gasteiger partial charge in [-0.1, -0.05) is 19.1 Å². The number of rotatable bonds is 0. The fraction of sp³-hybridized carbons (Fsp3) is 0.364. The van der Waals surface area contributed by atoms with E-state index in [1.165, 1.54) is 0 Å². The van der Waals surface area contributed by atoms with Gasteiger partial charge >= 0.3 is 0 Å². The molecule has 0 radical (unpaired) electrons. The Morgan fingerprint density at radius 3 is 2.69 bits per heavy atom. The Morgan fingerprint density at radius 1 is 1.23 bits per heavy atom. The lowest BCUT2D eigenvalue weighted by atomic mass is 9.92. The van der Waals surface area contributed by atoms with Crippen LogP contribution in [0.25, 0.3) is 0 Å². The molecule has 68 valence electrons. The molecule has 0 aromatic heterocycles. The van der Waals surface area contributed by atoms with Gasteiger partial charge in [-0.05, 0) is 19.1 Å². The Hall–Kier alpha value is -1.31. The van der Waals surface area contributed by atoms with Gasteiger partial charge in [-0.25, -0.2) is 0 Å². The van der Waals surface area contributed by atoms with Gasteiger partial charge in [0.1, 0.15) is 11.9 Å². The lowest BCUT2D eigenvalue weighted by Gasteiger charge is -2.27. The standard InChI is InChI=1S/C11H12O2/c1-7-8(2)13-10-6-4-3-5-9(10)11(7)12/h3-8H,1-2H3/t7-,8-/m1/s1. The zero-order chi connectivity index (χ0) is 9.42. The Morgan fingerprint density at radius 2 is 1.92 bits per heavy atom. The summed E-state index contributed by atoms with van der Waals surface area (Å²) in [5.41, 5.74) is 0.716. The molecule has 1 aliphatic heterocycles. The van der Waals surface area contributed by atoms with Crippen molar-refractivity contribution in [1.82, 2.24) is 0 Å². The fourth-order valence-electron chi connectivity index (χ4n) is 1.53. The third kappa shape index (κ3) is 1.22. The average molecular weight is 176 g/mol. The first-order chi connectivity index (χ1) is 6.20. The van der Waals surface area contributed by atoms with Gasteiger partial charge in [0.25, 0.3) is 0 Å². The molecule has 2 atom stereocenters. The number of Topliss-reactive ketones (excluding diaryl/α,β-unsaturated/α-hetero) is 1. The number of benzene rings is 1. The summed E-state index contributed by atoms with van der Waals surface area (Å²) >= 11 is 0. The van der Waals surface area contributed by atoms with E-state index < -0.39 is 0 Å². The zero-order valence-electron chi connectivity index (χ0n) is 7.78. The SMILES string of the molecule is C[C@H]1Oc2ccccc2C(=O)[C@@H]1C. The first-order valence-electron chi connectivity index (χ1n) is 4.50. The number of carbonyl (C=O) groups excluding carboxylic acids is 1. The summed E-state index contributed by atoms with van der Waals surface area (Å²) in [6.45, 7) is 3.83. The Balaban J connectivity index is 2.49. The van der Waals surface area contributed by atoms with E-state index in [-0.39, 0.29) is 17.8 Å². The maximum absolute atomic E-state index is 11.7.